The highest BCUT2D eigenvalue weighted by atomic mass is 16.1. The Morgan fingerprint density at radius 1 is 1.25 bits per heavy atom. The Bertz CT molecular complexity index is 637. The maximum absolute atomic E-state index is 10.6. The summed E-state index contributed by atoms with van der Waals surface area (Å²) in [6.07, 6.45) is 2.67. The molecule has 3 rings (SSSR count). The summed E-state index contributed by atoms with van der Waals surface area (Å²) in [6, 6.07) is 9.25. The minimum Gasteiger partial charge on any atom is -0.359 e. The maximum Gasteiger partial charge on any atom is 0.154 e. The molecule has 4 nitrogen and oxygen atoms in total. The van der Waals surface area contributed by atoms with Gasteiger partial charge in [0.05, 0.1) is 16.7 Å². The summed E-state index contributed by atoms with van der Waals surface area (Å²) in [6.45, 7) is 0. The van der Waals surface area contributed by atoms with Gasteiger partial charge in [0.1, 0.15) is 6.29 Å². The first-order valence-electron chi connectivity index (χ1n) is 4.95. The standard InChI is InChI=1S/C12H9N3O/c16-7-8-3-4-9-11(6-8)15-12(14-9)10-2-1-5-13-10/h1-7,13H,(H,14,15). The van der Waals surface area contributed by atoms with Gasteiger partial charge in [0.15, 0.2) is 5.82 Å². The highest BCUT2D eigenvalue weighted by Gasteiger charge is 2.05. The molecule has 1 aromatic carbocycles. The molecule has 16 heavy (non-hydrogen) atoms. The third-order valence-corrected chi connectivity index (χ3v) is 2.50. The molecule has 0 unspecified atom stereocenters. The van der Waals surface area contributed by atoms with Gasteiger partial charge in [0.2, 0.25) is 0 Å². The molecule has 2 N–H and O–H groups in total. The lowest BCUT2D eigenvalue weighted by molar-refractivity contribution is 0.112. The van der Waals surface area contributed by atoms with Gasteiger partial charge in [0, 0.05) is 11.8 Å². The minimum absolute atomic E-state index is 0.647. The van der Waals surface area contributed by atoms with Crippen LogP contribution in [0.3, 0.4) is 0 Å². The number of hydrogen-bond acceptors (Lipinski definition) is 2. The number of aromatic nitrogens is 3. The first-order chi connectivity index (χ1) is 7.86. The van der Waals surface area contributed by atoms with Crippen molar-refractivity contribution in [1.82, 2.24) is 15.0 Å². The number of aldehydes is 1. The van der Waals surface area contributed by atoms with E-state index in [1.807, 2.05) is 24.4 Å². The van der Waals surface area contributed by atoms with Crippen molar-refractivity contribution in [3.8, 4) is 11.5 Å². The molecule has 0 aliphatic heterocycles. The van der Waals surface area contributed by atoms with Crippen LogP contribution in [0.25, 0.3) is 22.6 Å². The van der Waals surface area contributed by atoms with Crippen LogP contribution in [0.1, 0.15) is 10.4 Å². The Morgan fingerprint density at radius 3 is 2.94 bits per heavy atom. The van der Waals surface area contributed by atoms with Crippen molar-refractivity contribution in [1.29, 1.82) is 0 Å². The summed E-state index contributed by atoms with van der Waals surface area (Å²) in [5.41, 5.74) is 3.31. The van der Waals surface area contributed by atoms with E-state index < -0.39 is 0 Å². The molecule has 0 fully saturated rings. The molecule has 78 valence electrons. The van der Waals surface area contributed by atoms with Crippen LogP contribution in [0.15, 0.2) is 36.5 Å². The third kappa shape index (κ3) is 1.32. The number of imidazole rings is 1. The Labute approximate surface area is 91.3 Å². The van der Waals surface area contributed by atoms with Crippen LogP contribution in [0.2, 0.25) is 0 Å². The van der Waals surface area contributed by atoms with Crippen molar-refractivity contribution >= 4 is 17.3 Å². The normalized spacial score (nSPS) is 10.8. The predicted molar refractivity (Wildman–Crippen MR) is 61.3 cm³/mol. The van der Waals surface area contributed by atoms with Gasteiger partial charge in [0.25, 0.3) is 0 Å². The van der Waals surface area contributed by atoms with E-state index >= 15 is 0 Å². The van der Waals surface area contributed by atoms with Gasteiger partial charge >= 0.3 is 0 Å². The van der Waals surface area contributed by atoms with Gasteiger partial charge in [-0.2, -0.15) is 0 Å². The highest BCUT2D eigenvalue weighted by Crippen LogP contribution is 2.19. The van der Waals surface area contributed by atoms with Crippen molar-refractivity contribution in [2.75, 3.05) is 0 Å². The Hall–Kier alpha value is -2.36. The Morgan fingerprint density at radius 2 is 2.19 bits per heavy atom. The van der Waals surface area contributed by atoms with E-state index in [1.54, 1.807) is 12.1 Å². The van der Waals surface area contributed by atoms with Crippen LogP contribution in [0.4, 0.5) is 0 Å². The molecule has 0 bridgehead atoms. The lowest BCUT2D eigenvalue weighted by atomic mass is 10.2. The summed E-state index contributed by atoms with van der Waals surface area (Å²) in [7, 11) is 0. The fourth-order valence-electron chi connectivity index (χ4n) is 1.71. The van der Waals surface area contributed by atoms with Gasteiger partial charge in [-0.15, -0.1) is 0 Å². The second kappa shape index (κ2) is 3.34. The number of carbonyl (C=O) groups is 1. The fraction of sp³-hybridized carbons (Fsp3) is 0. The van der Waals surface area contributed by atoms with Gasteiger partial charge in [-0.1, -0.05) is 0 Å². The zero-order valence-corrected chi connectivity index (χ0v) is 8.40. The smallest absolute Gasteiger partial charge is 0.154 e. The molecule has 0 aliphatic carbocycles. The second-order valence-electron chi connectivity index (χ2n) is 3.56. The van der Waals surface area contributed by atoms with Crippen LogP contribution in [0.5, 0.6) is 0 Å². The topological polar surface area (TPSA) is 61.5 Å². The SMILES string of the molecule is O=Cc1ccc2nc(-c3ccc[nH]3)[nH]c2c1. The number of aromatic amines is 2. The highest BCUT2D eigenvalue weighted by molar-refractivity contribution is 5.86. The van der Waals surface area contributed by atoms with E-state index in [9.17, 15) is 4.79 Å². The molecule has 0 spiro atoms. The molecule has 0 amide bonds. The molecular formula is C12H9N3O. The number of fused-ring (bicyclic) bond motifs is 1. The summed E-state index contributed by atoms with van der Waals surface area (Å²) in [5.74, 6) is 0.781. The van der Waals surface area contributed by atoms with E-state index in [1.165, 1.54) is 0 Å². The van der Waals surface area contributed by atoms with E-state index in [0.717, 1.165) is 28.8 Å². The summed E-state index contributed by atoms with van der Waals surface area (Å²) in [5, 5.41) is 0. The van der Waals surface area contributed by atoms with Gasteiger partial charge in [-0.25, -0.2) is 4.98 Å². The largest absolute Gasteiger partial charge is 0.359 e. The predicted octanol–water partition coefficient (Wildman–Crippen LogP) is 2.37. The number of carbonyl (C=O) groups excluding carboxylic acids is 1. The Balaban J connectivity index is 2.19. The van der Waals surface area contributed by atoms with E-state index in [-0.39, 0.29) is 0 Å². The Kier molecular flexibility index (Phi) is 1.86. The molecule has 3 aromatic rings. The molecule has 2 aromatic heterocycles. The molecular weight excluding hydrogens is 202 g/mol. The van der Waals surface area contributed by atoms with Crippen LogP contribution >= 0.6 is 0 Å². The summed E-state index contributed by atoms with van der Waals surface area (Å²) in [4.78, 5) is 21.3. The van der Waals surface area contributed by atoms with Crippen LogP contribution in [0, 0.1) is 0 Å². The number of H-pyrrole nitrogens is 2. The van der Waals surface area contributed by atoms with Gasteiger partial charge in [-0.05, 0) is 30.3 Å². The molecule has 0 saturated carbocycles. The first-order valence-corrected chi connectivity index (χ1v) is 4.95. The van der Waals surface area contributed by atoms with Crippen LogP contribution in [-0.4, -0.2) is 21.2 Å². The zero-order valence-electron chi connectivity index (χ0n) is 8.40. The van der Waals surface area contributed by atoms with Gasteiger partial charge in [-0.3, -0.25) is 4.79 Å². The first kappa shape index (κ1) is 8.91. The molecule has 4 heteroatoms. The van der Waals surface area contributed by atoms with Crippen molar-refractivity contribution in [2.45, 2.75) is 0 Å². The molecule has 0 radical (unpaired) electrons. The summed E-state index contributed by atoms with van der Waals surface area (Å²) >= 11 is 0. The number of benzene rings is 1. The number of nitrogens with one attached hydrogen (secondary N) is 2. The summed E-state index contributed by atoms with van der Waals surface area (Å²) < 4.78 is 0. The van der Waals surface area contributed by atoms with Gasteiger partial charge < -0.3 is 9.97 Å². The fourth-order valence-corrected chi connectivity index (χ4v) is 1.71. The van der Waals surface area contributed by atoms with E-state index in [4.69, 9.17) is 0 Å². The zero-order chi connectivity index (χ0) is 11.0. The second-order valence-corrected chi connectivity index (χ2v) is 3.56. The van der Waals surface area contributed by atoms with E-state index in [2.05, 4.69) is 15.0 Å². The van der Waals surface area contributed by atoms with Crippen LogP contribution in [-0.2, 0) is 0 Å². The molecule has 0 atom stereocenters. The van der Waals surface area contributed by atoms with Crippen LogP contribution < -0.4 is 0 Å². The lowest BCUT2D eigenvalue weighted by Crippen LogP contribution is -1.78. The molecule has 0 aliphatic rings. The maximum atomic E-state index is 10.6. The minimum atomic E-state index is 0.647. The molecule has 0 saturated heterocycles. The number of rotatable bonds is 2. The average molecular weight is 211 g/mol. The monoisotopic (exact) mass is 211 g/mol. The lowest BCUT2D eigenvalue weighted by Gasteiger charge is -1.89. The van der Waals surface area contributed by atoms with Crippen molar-refractivity contribution in [2.24, 2.45) is 0 Å². The third-order valence-electron chi connectivity index (χ3n) is 2.50. The van der Waals surface area contributed by atoms with E-state index in [0.29, 0.717) is 5.56 Å². The molecule has 2 heterocycles. The quantitative estimate of drug-likeness (QED) is 0.639. The number of hydrogen-bond donors (Lipinski definition) is 2. The average Bonchev–Trinajstić information content (AvgIpc) is 2.96. The van der Waals surface area contributed by atoms with Crippen molar-refractivity contribution in [3.05, 3.63) is 42.1 Å². The van der Waals surface area contributed by atoms with Crippen molar-refractivity contribution in [3.63, 3.8) is 0 Å². The number of nitrogens with zero attached hydrogens (tertiary/aromatic N) is 1. The van der Waals surface area contributed by atoms with Crippen molar-refractivity contribution < 1.29 is 4.79 Å².